The summed E-state index contributed by atoms with van der Waals surface area (Å²) < 4.78 is 0. The molecule has 2 aromatic rings. The minimum absolute atomic E-state index is 0.0296. The van der Waals surface area contributed by atoms with E-state index in [4.69, 9.17) is 11.6 Å². The molecule has 0 saturated carbocycles. The number of anilines is 1. The number of rotatable bonds is 5. The number of halogens is 1. The zero-order valence-electron chi connectivity index (χ0n) is 18.2. The molecule has 3 heterocycles. The third-order valence-electron chi connectivity index (χ3n) is 5.93. The number of benzene rings is 1. The van der Waals surface area contributed by atoms with E-state index in [1.54, 1.807) is 6.07 Å². The molecule has 2 aliphatic rings. The second kappa shape index (κ2) is 10.5. The fourth-order valence-corrected chi connectivity index (χ4v) is 5.17. The highest BCUT2D eigenvalue weighted by Crippen LogP contribution is 2.25. The van der Waals surface area contributed by atoms with Crippen molar-refractivity contribution in [1.29, 1.82) is 0 Å². The van der Waals surface area contributed by atoms with Crippen molar-refractivity contribution in [2.24, 2.45) is 0 Å². The summed E-state index contributed by atoms with van der Waals surface area (Å²) >= 11 is 7.61. The molecule has 32 heavy (non-hydrogen) atoms. The molecule has 170 valence electrons. The van der Waals surface area contributed by atoms with Crippen molar-refractivity contribution >= 4 is 41.0 Å². The molecular weight excluding hydrogens is 446 g/mol. The molecule has 1 unspecified atom stereocenters. The van der Waals surface area contributed by atoms with Gasteiger partial charge in [0.2, 0.25) is 5.91 Å². The Morgan fingerprint density at radius 1 is 1.06 bits per heavy atom. The molecular formula is C23H28ClN5O2S. The van der Waals surface area contributed by atoms with Crippen LogP contribution in [0.25, 0.3) is 0 Å². The van der Waals surface area contributed by atoms with Gasteiger partial charge in [0.15, 0.2) is 5.16 Å². The summed E-state index contributed by atoms with van der Waals surface area (Å²) in [4.78, 5) is 40.2. The molecule has 2 saturated heterocycles. The molecule has 0 N–H and O–H groups in total. The largest absolute Gasteiger partial charge is 0.353 e. The maximum Gasteiger partial charge on any atom is 0.254 e. The van der Waals surface area contributed by atoms with E-state index in [1.165, 1.54) is 18.2 Å². The van der Waals surface area contributed by atoms with Crippen LogP contribution in [0.1, 0.15) is 36.5 Å². The van der Waals surface area contributed by atoms with Crippen molar-refractivity contribution < 1.29 is 9.59 Å². The number of hydrogen-bond acceptors (Lipinski definition) is 6. The summed E-state index contributed by atoms with van der Waals surface area (Å²) in [7, 11) is 0. The summed E-state index contributed by atoms with van der Waals surface area (Å²) in [6.45, 7) is 5.64. The Morgan fingerprint density at radius 3 is 2.53 bits per heavy atom. The molecule has 1 aromatic heterocycles. The van der Waals surface area contributed by atoms with Gasteiger partial charge in [-0.05, 0) is 38.3 Å². The highest BCUT2D eigenvalue weighted by Gasteiger charge is 2.29. The zero-order valence-corrected chi connectivity index (χ0v) is 19.8. The van der Waals surface area contributed by atoms with Crippen molar-refractivity contribution in [2.45, 2.75) is 37.4 Å². The van der Waals surface area contributed by atoms with Crippen LogP contribution < -0.4 is 4.90 Å². The number of carbonyl (C=O) groups is 2. The maximum absolute atomic E-state index is 12.9. The van der Waals surface area contributed by atoms with Crippen LogP contribution >= 0.6 is 23.4 Å². The van der Waals surface area contributed by atoms with Crippen LogP contribution in [-0.2, 0) is 4.79 Å². The lowest BCUT2D eigenvalue weighted by Crippen LogP contribution is -2.54. The number of piperidine rings is 1. The van der Waals surface area contributed by atoms with E-state index in [0.717, 1.165) is 31.7 Å². The van der Waals surface area contributed by atoms with E-state index in [1.807, 2.05) is 47.1 Å². The number of hydrogen-bond donors (Lipinski definition) is 0. The highest BCUT2D eigenvalue weighted by molar-refractivity contribution is 7.99. The minimum atomic E-state index is 0.0296. The van der Waals surface area contributed by atoms with Gasteiger partial charge in [-0.15, -0.1) is 0 Å². The van der Waals surface area contributed by atoms with Crippen molar-refractivity contribution in [3.8, 4) is 0 Å². The lowest BCUT2D eigenvalue weighted by atomic mass is 10.1. The maximum atomic E-state index is 12.9. The molecule has 1 atom stereocenters. The van der Waals surface area contributed by atoms with Gasteiger partial charge in [-0.25, -0.2) is 9.97 Å². The molecule has 2 aliphatic heterocycles. The summed E-state index contributed by atoms with van der Waals surface area (Å²) in [5.41, 5.74) is 0.704. The number of likely N-dealkylation sites (tertiary alicyclic amines) is 1. The standard InChI is InChI=1S/C23H28ClN5O2S/c1-17-15-28(12-13-29(17)22(31)18-8-4-2-5-9-18)20-14-19(24)25-23(26-20)32-16-21(30)27-10-6-3-7-11-27/h2,4-5,8-9,14,17H,3,6-7,10-13,15-16H2,1H3. The second-order valence-electron chi connectivity index (χ2n) is 8.22. The average molecular weight is 474 g/mol. The SMILES string of the molecule is CC1CN(c2cc(Cl)nc(SCC(=O)N3CCCCC3)n2)CCN1C(=O)c1ccccc1. The second-order valence-corrected chi connectivity index (χ2v) is 9.55. The Balaban J connectivity index is 1.38. The molecule has 2 amide bonds. The molecule has 2 fully saturated rings. The summed E-state index contributed by atoms with van der Waals surface area (Å²) in [5.74, 6) is 1.22. The lowest BCUT2D eigenvalue weighted by Gasteiger charge is -2.40. The first-order valence-corrected chi connectivity index (χ1v) is 12.4. The number of amides is 2. The predicted octanol–water partition coefficient (Wildman–Crippen LogP) is 3.59. The summed E-state index contributed by atoms with van der Waals surface area (Å²) in [6, 6.07) is 11.1. The summed E-state index contributed by atoms with van der Waals surface area (Å²) in [6.07, 6.45) is 3.34. The Bertz CT molecular complexity index is 955. The van der Waals surface area contributed by atoms with Gasteiger partial charge >= 0.3 is 0 Å². The van der Waals surface area contributed by atoms with Crippen molar-refractivity contribution in [2.75, 3.05) is 43.4 Å². The first-order valence-electron chi connectivity index (χ1n) is 11.1. The van der Waals surface area contributed by atoms with Gasteiger partial charge in [-0.3, -0.25) is 9.59 Å². The van der Waals surface area contributed by atoms with E-state index >= 15 is 0 Å². The number of carbonyl (C=O) groups excluding carboxylic acids is 2. The van der Waals surface area contributed by atoms with Crippen LogP contribution in [-0.4, -0.2) is 76.1 Å². The fourth-order valence-electron chi connectivity index (χ4n) is 4.19. The van der Waals surface area contributed by atoms with Gasteiger partial charge in [0, 0.05) is 50.4 Å². The van der Waals surface area contributed by atoms with Crippen molar-refractivity contribution in [3.63, 3.8) is 0 Å². The lowest BCUT2D eigenvalue weighted by molar-refractivity contribution is -0.129. The number of piperazine rings is 1. The molecule has 9 heteroatoms. The Morgan fingerprint density at radius 2 is 1.81 bits per heavy atom. The smallest absolute Gasteiger partial charge is 0.254 e. The Hall–Kier alpha value is -2.32. The average Bonchev–Trinajstić information content (AvgIpc) is 2.83. The Labute approximate surface area is 198 Å². The van der Waals surface area contributed by atoms with E-state index in [-0.39, 0.29) is 17.9 Å². The predicted molar refractivity (Wildman–Crippen MR) is 127 cm³/mol. The zero-order chi connectivity index (χ0) is 22.5. The number of nitrogens with zero attached hydrogens (tertiary/aromatic N) is 5. The van der Waals surface area contributed by atoms with Crippen LogP contribution in [0.15, 0.2) is 41.6 Å². The first kappa shape index (κ1) is 22.9. The number of thioether (sulfide) groups is 1. The first-order chi connectivity index (χ1) is 15.5. The van der Waals surface area contributed by atoms with Crippen LogP contribution in [0.5, 0.6) is 0 Å². The van der Waals surface area contributed by atoms with Gasteiger partial charge in [0.05, 0.1) is 5.75 Å². The van der Waals surface area contributed by atoms with Crippen LogP contribution in [0.3, 0.4) is 0 Å². The molecule has 0 bridgehead atoms. The molecule has 0 aliphatic carbocycles. The fraction of sp³-hybridized carbons (Fsp3) is 0.478. The topological polar surface area (TPSA) is 69.6 Å². The van der Waals surface area contributed by atoms with E-state index in [0.29, 0.717) is 41.3 Å². The van der Waals surface area contributed by atoms with Gasteiger partial charge in [-0.2, -0.15) is 0 Å². The Kier molecular flexibility index (Phi) is 7.52. The molecule has 7 nitrogen and oxygen atoms in total. The van der Waals surface area contributed by atoms with Gasteiger partial charge in [0.25, 0.3) is 5.91 Å². The van der Waals surface area contributed by atoms with Crippen LogP contribution in [0.4, 0.5) is 5.82 Å². The highest BCUT2D eigenvalue weighted by atomic mass is 35.5. The van der Waals surface area contributed by atoms with Gasteiger partial charge in [-0.1, -0.05) is 41.6 Å². The molecule has 0 spiro atoms. The van der Waals surface area contributed by atoms with Crippen LogP contribution in [0, 0.1) is 0 Å². The monoisotopic (exact) mass is 473 g/mol. The quantitative estimate of drug-likeness (QED) is 0.375. The van der Waals surface area contributed by atoms with E-state index < -0.39 is 0 Å². The number of aromatic nitrogens is 2. The van der Waals surface area contributed by atoms with Crippen molar-refractivity contribution in [1.82, 2.24) is 19.8 Å². The van der Waals surface area contributed by atoms with Gasteiger partial charge in [0.1, 0.15) is 11.0 Å². The van der Waals surface area contributed by atoms with E-state index in [9.17, 15) is 9.59 Å². The van der Waals surface area contributed by atoms with E-state index in [2.05, 4.69) is 14.9 Å². The third-order valence-corrected chi connectivity index (χ3v) is 6.95. The summed E-state index contributed by atoms with van der Waals surface area (Å²) in [5, 5.41) is 0.867. The molecule has 1 aromatic carbocycles. The molecule has 0 radical (unpaired) electrons. The third kappa shape index (κ3) is 5.53. The van der Waals surface area contributed by atoms with Gasteiger partial charge < -0.3 is 14.7 Å². The van der Waals surface area contributed by atoms with Crippen molar-refractivity contribution in [3.05, 3.63) is 47.1 Å². The normalized spacial score (nSPS) is 19.2. The van der Waals surface area contributed by atoms with Crippen LogP contribution in [0.2, 0.25) is 5.15 Å². The minimum Gasteiger partial charge on any atom is -0.353 e. The molecule has 4 rings (SSSR count).